The van der Waals surface area contributed by atoms with Crippen molar-refractivity contribution in [3.63, 3.8) is 0 Å². The van der Waals surface area contributed by atoms with Crippen molar-refractivity contribution in [2.75, 3.05) is 6.61 Å². The van der Waals surface area contributed by atoms with Crippen LogP contribution in [0.3, 0.4) is 0 Å². The normalized spacial score (nSPS) is 20.9. The van der Waals surface area contributed by atoms with Crippen molar-refractivity contribution in [1.29, 1.82) is 0 Å². The largest absolute Gasteiger partial charge is 0.465 e. The summed E-state index contributed by atoms with van der Waals surface area (Å²) in [5.74, 6) is -0.0570. The number of rotatable bonds is 2. The Morgan fingerprint density at radius 1 is 1.50 bits per heavy atom. The molecule has 1 fully saturated rings. The van der Waals surface area contributed by atoms with E-state index in [1.807, 2.05) is 24.3 Å². The highest BCUT2D eigenvalue weighted by molar-refractivity contribution is 6.30. The summed E-state index contributed by atoms with van der Waals surface area (Å²) in [5.41, 5.74) is 1.10. The van der Waals surface area contributed by atoms with Gasteiger partial charge in [0.1, 0.15) is 0 Å². The zero-order chi connectivity index (χ0) is 9.97. The van der Waals surface area contributed by atoms with E-state index in [0.29, 0.717) is 11.6 Å². The number of esters is 1. The van der Waals surface area contributed by atoms with Crippen LogP contribution in [0.25, 0.3) is 0 Å². The molecule has 1 atom stereocenters. The molecule has 0 bridgehead atoms. The highest BCUT2D eigenvalue weighted by atomic mass is 35.5. The third kappa shape index (κ3) is 2.07. The van der Waals surface area contributed by atoms with Gasteiger partial charge < -0.3 is 4.74 Å². The minimum absolute atomic E-state index is 0.0217. The molecule has 1 aliphatic rings. The Morgan fingerprint density at radius 2 is 2.36 bits per heavy atom. The van der Waals surface area contributed by atoms with Crippen LogP contribution in [0.5, 0.6) is 0 Å². The first-order valence-electron chi connectivity index (χ1n) is 4.67. The molecule has 0 saturated carbocycles. The van der Waals surface area contributed by atoms with Gasteiger partial charge in [0.05, 0.1) is 12.5 Å². The first-order valence-corrected chi connectivity index (χ1v) is 5.04. The van der Waals surface area contributed by atoms with Gasteiger partial charge in [-0.15, -0.1) is 0 Å². The van der Waals surface area contributed by atoms with Crippen LogP contribution in [0.1, 0.15) is 12.0 Å². The summed E-state index contributed by atoms with van der Waals surface area (Å²) >= 11 is 5.85. The van der Waals surface area contributed by atoms with E-state index in [0.717, 1.165) is 18.4 Å². The van der Waals surface area contributed by atoms with Crippen molar-refractivity contribution in [2.45, 2.75) is 12.8 Å². The molecule has 1 aromatic carbocycles. The summed E-state index contributed by atoms with van der Waals surface area (Å²) in [7, 11) is 0. The maximum Gasteiger partial charge on any atom is 0.309 e. The molecule has 1 aliphatic heterocycles. The zero-order valence-corrected chi connectivity index (χ0v) is 8.46. The topological polar surface area (TPSA) is 26.3 Å². The second-order valence-corrected chi connectivity index (χ2v) is 3.92. The third-order valence-electron chi connectivity index (χ3n) is 2.42. The molecule has 0 aliphatic carbocycles. The van der Waals surface area contributed by atoms with E-state index in [-0.39, 0.29) is 11.9 Å². The van der Waals surface area contributed by atoms with Crippen molar-refractivity contribution >= 4 is 17.6 Å². The van der Waals surface area contributed by atoms with Gasteiger partial charge in [-0.1, -0.05) is 23.7 Å². The molecule has 0 spiro atoms. The lowest BCUT2D eigenvalue weighted by atomic mass is 9.98. The Bertz CT molecular complexity index is 349. The number of halogens is 1. The molecule has 1 heterocycles. The number of hydrogen-bond donors (Lipinski definition) is 0. The summed E-state index contributed by atoms with van der Waals surface area (Å²) in [5, 5.41) is 0.717. The molecule has 1 aromatic rings. The van der Waals surface area contributed by atoms with Crippen molar-refractivity contribution in [3.8, 4) is 0 Å². The lowest BCUT2D eigenvalue weighted by Gasteiger charge is -2.05. The van der Waals surface area contributed by atoms with Gasteiger partial charge >= 0.3 is 5.97 Å². The Morgan fingerprint density at radius 3 is 3.00 bits per heavy atom. The fraction of sp³-hybridized carbons (Fsp3) is 0.364. The predicted octanol–water partition coefficient (Wildman–Crippen LogP) is 2.45. The summed E-state index contributed by atoms with van der Waals surface area (Å²) in [6.45, 7) is 0.560. The molecule has 2 nitrogen and oxygen atoms in total. The number of carbonyl (C=O) groups is 1. The molecule has 2 rings (SSSR count). The van der Waals surface area contributed by atoms with E-state index in [1.165, 1.54) is 0 Å². The highest BCUT2D eigenvalue weighted by Gasteiger charge is 2.26. The SMILES string of the molecule is O=C1OCCC1Cc1cccc(Cl)c1. The van der Waals surface area contributed by atoms with Gasteiger partial charge in [0.15, 0.2) is 0 Å². The Kier molecular flexibility index (Phi) is 2.73. The van der Waals surface area contributed by atoms with Crippen molar-refractivity contribution < 1.29 is 9.53 Å². The number of hydrogen-bond acceptors (Lipinski definition) is 2. The highest BCUT2D eigenvalue weighted by Crippen LogP contribution is 2.21. The molecule has 0 aromatic heterocycles. The summed E-state index contributed by atoms with van der Waals surface area (Å²) in [4.78, 5) is 11.2. The number of ether oxygens (including phenoxy) is 1. The molecular formula is C11H11ClO2. The molecule has 1 unspecified atom stereocenters. The predicted molar refractivity (Wildman–Crippen MR) is 54.2 cm³/mol. The van der Waals surface area contributed by atoms with Crippen LogP contribution in [-0.2, 0) is 16.0 Å². The summed E-state index contributed by atoms with van der Waals surface area (Å²) in [6, 6.07) is 7.61. The van der Waals surface area contributed by atoms with Crippen LogP contribution < -0.4 is 0 Å². The second kappa shape index (κ2) is 4.01. The maximum absolute atomic E-state index is 11.2. The molecular weight excluding hydrogens is 200 g/mol. The van der Waals surface area contributed by atoms with Crippen LogP contribution in [-0.4, -0.2) is 12.6 Å². The van der Waals surface area contributed by atoms with Gasteiger partial charge in [-0.2, -0.15) is 0 Å². The fourth-order valence-corrected chi connectivity index (χ4v) is 1.88. The van der Waals surface area contributed by atoms with Crippen LogP contribution in [0.4, 0.5) is 0 Å². The standard InChI is InChI=1S/C11H11ClO2/c12-10-3-1-2-8(7-10)6-9-4-5-14-11(9)13/h1-3,7,9H,4-6H2. The van der Waals surface area contributed by atoms with E-state index in [1.54, 1.807) is 0 Å². The molecule has 14 heavy (non-hydrogen) atoms. The minimum atomic E-state index is -0.0787. The summed E-state index contributed by atoms with van der Waals surface area (Å²) < 4.78 is 4.90. The number of benzene rings is 1. The van der Waals surface area contributed by atoms with Crippen LogP contribution in [0, 0.1) is 5.92 Å². The van der Waals surface area contributed by atoms with E-state index in [2.05, 4.69) is 0 Å². The summed E-state index contributed by atoms with van der Waals surface area (Å²) in [6.07, 6.45) is 1.56. The first-order chi connectivity index (χ1) is 6.75. The Labute approximate surface area is 87.8 Å². The van der Waals surface area contributed by atoms with Gasteiger partial charge in [-0.3, -0.25) is 4.79 Å². The van der Waals surface area contributed by atoms with E-state index >= 15 is 0 Å². The third-order valence-corrected chi connectivity index (χ3v) is 2.65. The van der Waals surface area contributed by atoms with Gasteiger partial charge in [-0.05, 0) is 30.5 Å². The average Bonchev–Trinajstić information content (AvgIpc) is 2.52. The Balaban J connectivity index is 2.07. The van der Waals surface area contributed by atoms with Crippen LogP contribution in [0.15, 0.2) is 24.3 Å². The zero-order valence-electron chi connectivity index (χ0n) is 7.70. The van der Waals surface area contributed by atoms with Gasteiger partial charge in [0.25, 0.3) is 0 Å². The Hall–Kier alpha value is -1.02. The number of carbonyl (C=O) groups excluding carboxylic acids is 1. The number of cyclic esters (lactones) is 1. The molecule has 3 heteroatoms. The van der Waals surface area contributed by atoms with Gasteiger partial charge in [0, 0.05) is 5.02 Å². The van der Waals surface area contributed by atoms with Crippen molar-refractivity contribution in [2.24, 2.45) is 5.92 Å². The molecule has 0 radical (unpaired) electrons. The van der Waals surface area contributed by atoms with E-state index in [9.17, 15) is 4.79 Å². The molecule has 1 saturated heterocycles. The minimum Gasteiger partial charge on any atom is -0.465 e. The molecule has 0 N–H and O–H groups in total. The van der Waals surface area contributed by atoms with Gasteiger partial charge in [0.2, 0.25) is 0 Å². The van der Waals surface area contributed by atoms with E-state index < -0.39 is 0 Å². The van der Waals surface area contributed by atoms with Crippen LogP contribution in [0.2, 0.25) is 5.02 Å². The van der Waals surface area contributed by atoms with Crippen LogP contribution >= 0.6 is 11.6 Å². The van der Waals surface area contributed by atoms with Crippen molar-refractivity contribution in [3.05, 3.63) is 34.9 Å². The second-order valence-electron chi connectivity index (χ2n) is 3.49. The monoisotopic (exact) mass is 210 g/mol. The molecule has 74 valence electrons. The quantitative estimate of drug-likeness (QED) is 0.701. The fourth-order valence-electron chi connectivity index (χ4n) is 1.67. The van der Waals surface area contributed by atoms with E-state index in [4.69, 9.17) is 16.3 Å². The maximum atomic E-state index is 11.2. The lowest BCUT2D eigenvalue weighted by molar-refractivity contribution is -0.141. The van der Waals surface area contributed by atoms with Gasteiger partial charge in [-0.25, -0.2) is 0 Å². The lowest BCUT2D eigenvalue weighted by Crippen LogP contribution is -2.10. The smallest absolute Gasteiger partial charge is 0.309 e. The first kappa shape index (κ1) is 9.53. The van der Waals surface area contributed by atoms with Crippen molar-refractivity contribution in [1.82, 2.24) is 0 Å². The average molecular weight is 211 g/mol. The molecule has 0 amide bonds.